The Hall–Kier alpha value is -2.69. The van der Waals surface area contributed by atoms with E-state index in [0.717, 1.165) is 0 Å². The number of esters is 1. The van der Waals surface area contributed by atoms with Crippen molar-refractivity contribution in [3.05, 3.63) is 34.9 Å². The fourth-order valence-electron chi connectivity index (χ4n) is 1.68. The van der Waals surface area contributed by atoms with Gasteiger partial charge in [-0.2, -0.15) is 13.2 Å². The summed E-state index contributed by atoms with van der Waals surface area (Å²) in [5, 5.41) is 4.80. The number of nitrogens with zero attached hydrogens (tertiary/aromatic N) is 1. The molecule has 0 saturated heterocycles. The van der Waals surface area contributed by atoms with E-state index in [4.69, 9.17) is 17.3 Å². The van der Waals surface area contributed by atoms with Gasteiger partial charge in [-0.25, -0.2) is 9.59 Å². The molecule has 0 saturated carbocycles. The number of alkyl carbamates (subject to hydrolysis) is 1. The fraction of sp³-hybridized carbons (Fsp3) is 0.400. The Morgan fingerprint density at radius 1 is 1.15 bits per heavy atom. The Kier molecular flexibility index (Phi) is 7.70. The number of amides is 1. The van der Waals surface area contributed by atoms with Crippen molar-refractivity contribution in [2.24, 2.45) is 10.9 Å². The third kappa shape index (κ3) is 5.64. The van der Waals surface area contributed by atoms with Gasteiger partial charge in [0.1, 0.15) is 0 Å². The maximum Gasteiger partial charge on any atom is 0.463 e. The van der Waals surface area contributed by atoms with Crippen LogP contribution in [-0.2, 0) is 19.1 Å². The SMILES string of the molecule is CCOC(=O)N[C@@](O/N=C(/N)c1ccc(Cl)cc1)(C(=O)OCC)C(F)(F)F. The second-order valence-electron chi connectivity index (χ2n) is 4.82. The third-order valence-electron chi connectivity index (χ3n) is 2.94. The van der Waals surface area contributed by atoms with Crippen LogP contribution in [0.25, 0.3) is 0 Å². The van der Waals surface area contributed by atoms with Crippen molar-refractivity contribution in [2.45, 2.75) is 25.7 Å². The summed E-state index contributed by atoms with van der Waals surface area (Å²) in [5.74, 6) is -2.45. The van der Waals surface area contributed by atoms with Gasteiger partial charge in [0.2, 0.25) is 0 Å². The summed E-state index contributed by atoms with van der Waals surface area (Å²) in [5.41, 5.74) is 1.79. The van der Waals surface area contributed by atoms with Crippen molar-refractivity contribution in [2.75, 3.05) is 13.2 Å². The first kappa shape index (κ1) is 22.4. The van der Waals surface area contributed by atoms with Crippen LogP contribution in [0.4, 0.5) is 18.0 Å². The minimum absolute atomic E-state index is 0.162. The van der Waals surface area contributed by atoms with Crippen molar-refractivity contribution < 1.29 is 37.1 Å². The molecule has 8 nitrogen and oxygen atoms in total. The smallest absolute Gasteiger partial charge is 0.461 e. The van der Waals surface area contributed by atoms with Crippen LogP contribution >= 0.6 is 11.6 Å². The molecule has 150 valence electrons. The van der Waals surface area contributed by atoms with Crippen molar-refractivity contribution in [1.29, 1.82) is 0 Å². The maximum atomic E-state index is 13.6. The molecule has 1 amide bonds. The zero-order chi connectivity index (χ0) is 20.7. The quantitative estimate of drug-likeness (QED) is 0.234. The van der Waals surface area contributed by atoms with E-state index in [0.29, 0.717) is 5.02 Å². The lowest BCUT2D eigenvalue weighted by atomic mass is 10.2. The van der Waals surface area contributed by atoms with Gasteiger partial charge in [-0.05, 0) is 38.1 Å². The highest BCUT2D eigenvalue weighted by Gasteiger charge is 2.67. The average Bonchev–Trinajstić information content (AvgIpc) is 2.58. The number of amidine groups is 1. The van der Waals surface area contributed by atoms with Gasteiger partial charge in [-0.15, -0.1) is 0 Å². The van der Waals surface area contributed by atoms with E-state index < -0.39 is 36.4 Å². The molecule has 0 unspecified atom stereocenters. The normalized spacial score (nSPS) is 14.1. The highest BCUT2D eigenvalue weighted by Crippen LogP contribution is 2.33. The Balaban J connectivity index is 3.29. The van der Waals surface area contributed by atoms with Gasteiger partial charge in [0, 0.05) is 10.6 Å². The Bertz CT molecular complexity index is 697. The minimum Gasteiger partial charge on any atom is -0.461 e. The molecule has 12 heteroatoms. The molecular formula is C15H17ClF3N3O5. The van der Waals surface area contributed by atoms with Gasteiger partial charge in [0.25, 0.3) is 0 Å². The first-order valence-corrected chi connectivity index (χ1v) is 7.91. The van der Waals surface area contributed by atoms with Crippen LogP contribution in [0.1, 0.15) is 19.4 Å². The highest BCUT2D eigenvalue weighted by atomic mass is 35.5. The second-order valence-corrected chi connectivity index (χ2v) is 5.26. The number of alkyl halides is 3. The van der Waals surface area contributed by atoms with Crippen LogP contribution in [0.3, 0.4) is 0 Å². The minimum atomic E-state index is -5.45. The van der Waals surface area contributed by atoms with Gasteiger partial charge < -0.3 is 20.0 Å². The molecule has 1 atom stereocenters. The largest absolute Gasteiger partial charge is 0.463 e. The summed E-state index contributed by atoms with van der Waals surface area (Å²) >= 11 is 5.71. The number of rotatable bonds is 7. The number of carbonyl (C=O) groups excluding carboxylic acids is 2. The maximum absolute atomic E-state index is 13.6. The van der Waals surface area contributed by atoms with Crippen LogP contribution in [-0.4, -0.2) is 43.0 Å². The van der Waals surface area contributed by atoms with E-state index in [9.17, 15) is 22.8 Å². The summed E-state index contributed by atoms with van der Waals surface area (Å²) < 4.78 is 49.7. The third-order valence-corrected chi connectivity index (χ3v) is 3.19. The van der Waals surface area contributed by atoms with Crippen LogP contribution in [0.15, 0.2) is 29.4 Å². The average molecular weight is 412 g/mol. The van der Waals surface area contributed by atoms with Gasteiger partial charge in [-0.1, -0.05) is 16.8 Å². The van der Waals surface area contributed by atoms with E-state index in [1.165, 1.54) is 43.4 Å². The molecule has 0 heterocycles. The van der Waals surface area contributed by atoms with Crippen LogP contribution in [0, 0.1) is 0 Å². The summed E-state index contributed by atoms with van der Waals surface area (Å²) in [6.45, 7) is 1.96. The molecule has 0 aliphatic rings. The van der Waals surface area contributed by atoms with Crippen LogP contribution in [0.2, 0.25) is 5.02 Å². The van der Waals surface area contributed by atoms with Crippen molar-refractivity contribution in [3.63, 3.8) is 0 Å². The standard InChI is InChI=1S/C15H17ClF3N3O5/c1-3-25-12(23)14(15(17,18)19,21-13(24)26-4-2)27-22-11(20)9-5-7-10(16)8-6-9/h5-8H,3-4H2,1-2H3,(H2,20,22)(H,21,24)/t14-/m1/s1. The molecule has 1 aromatic carbocycles. The van der Waals surface area contributed by atoms with E-state index in [-0.39, 0.29) is 12.2 Å². The van der Waals surface area contributed by atoms with Gasteiger partial charge in [0.05, 0.1) is 13.2 Å². The van der Waals surface area contributed by atoms with E-state index in [1.54, 1.807) is 0 Å². The molecule has 0 fully saturated rings. The van der Waals surface area contributed by atoms with Gasteiger partial charge in [0.15, 0.2) is 5.84 Å². The topological polar surface area (TPSA) is 112 Å². The van der Waals surface area contributed by atoms with Crippen molar-refractivity contribution in [3.8, 4) is 0 Å². The molecule has 27 heavy (non-hydrogen) atoms. The number of nitrogens with one attached hydrogen (secondary N) is 1. The Morgan fingerprint density at radius 3 is 2.19 bits per heavy atom. The molecule has 0 bridgehead atoms. The summed E-state index contributed by atoms with van der Waals surface area (Å²) in [4.78, 5) is 27.9. The number of halogens is 4. The number of carbonyl (C=O) groups is 2. The lowest BCUT2D eigenvalue weighted by Gasteiger charge is -2.30. The summed E-state index contributed by atoms with van der Waals surface area (Å²) in [7, 11) is 0. The molecular weight excluding hydrogens is 395 g/mol. The zero-order valence-electron chi connectivity index (χ0n) is 14.3. The van der Waals surface area contributed by atoms with Crippen LogP contribution in [0.5, 0.6) is 0 Å². The predicted octanol–water partition coefficient (Wildman–Crippen LogP) is 2.54. The van der Waals surface area contributed by atoms with Gasteiger partial charge in [-0.3, -0.25) is 5.32 Å². The lowest BCUT2D eigenvalue weighted by Crippen LogP contribution is -2.65. The number of oxime groups is 1. The van der Waals surface area contributed by atoms with Crippen molar-refractivity contribution in [1.82, 2.24) is 5.32 Å². The molecule has 0 aromatic heterocycles. The van der Waals surface area contributed by atoms with Crippen molar-refractivity contribution >= 4 is 29.5 Å². The van der Waals surface area contributed by atoms with E-state index in [2.05, 4.69) is 19.5 Å². The number of nitrogens with two attached hydrogens (primary N) is 1. The second kappa shape index (κ2) is 9.31. The Morgan fingerprint density at radius 2 is 1.70 bits per heavy atom. The molecule has 1 aromatic rings. The van der Waals surface area contributed by atoms with Gasteiger partial charge >= 0.3 is 24.0 Å². The predicted molar refractivity (Wildman–Crippen MR) is 88.8 cm³/mol. The summed E-state index contributed by atoms with van der Waals surface area (Å²) in [6.07, 6.45) is -7.02. The molecule has 0 radical (unpaired) electrons. The monoisotopic (exact) mass is 411 g/mol. The van der Waals surface area contributed by atoms with Crippen LogP contribution < -0.4 is 11.1 Å². The van der Waals surface area contributed by atoms with E-state index in [1.807, 2.05) is 0 Å². The first-order valence-electron chi connectivity index (χ1n) is 7.53. The zero-order valence-corrected chi connectivity index (χ0v) is 15.1. The first-order chi connectivity index (χ1) is 12.6. The number of benzene rings is 1. The lowest BCUT2D eigenvalue weighted by molar-refractivity contribution is -0.285. The summed E-state index contributed by atoms with van der Waals surface area (Å²) in [6, 6.07) is 5.56. The number of ether oxygens (including phenoxy) is 2. The molecule has 1 rings (SSSR count). The fourth-order valence-corrected chi connectivity index (χ4v) is 1.81. The molecule has 3 N–H and O–H groups in total. The molecule has 0 aliphatic carbocycles. The molecule has 0 spiro atoms. The number of hydrogen-bond donors (Lipinski definition) is 2. The number of hydrogen-bond acceptors (Lipinski definition) is 6. The highest BCUT2D eigenvalue weighted by molar-refractivity contribution is 6.30. The Labute approximate surface area is 157 Å². The van der Waals surface area contributed by atoms with E-state index >= 15 is 0 Å². The molecule has 0 aliphatic heterocycles.